The van der Waals surface area contributed by atoms with Crippen LogP contribution in [0.15, 0.2) is 48.5 Å². The van der Waals surface area contributed by atoms with E-state index in [0.29, 0.717) is 39.2 Å². The van der Waals surface area contributed by atoms with Crippen molar-refractivity contribution >= 4 is 33.8 Å². The topological polar surface area (TPSA) is 76.7 Å². The van der Waals surface area contributed by atoms with Crippen LogP contribution in [0.5, 0.6) is 11.5 Å². The van der Waals surface area contributed by atoms with Gasteiger partial charge >= 0.3 is 0 Å². The summed E-state index contributed by atoms with van der Waals surface area (Å²) in [4.78, 5) is 27.5. The van der Waals surface area contributed by atoms with Crippen LogP contribution < -0.4 is 20.1 Å². The van der Waals surface area contributed by atoms with Gasteiger partial charge in [0.05, 0.1) is 25.5 Å². The molecule has 32 heavy (non-hydrogen) atoms. The van der Waals surface area contributed by atoms with Crippen molar-refractivity contribution in [2.24, 2.45) is 5.92 Å². The highest BCUT2D eigenvalue weighted by Crippen LogP contribution is 2.41. The van der Waals surface area contributed by atoms with E-state index in [1.807, 2.05) is 18.2 Å². The van der Waals surface area contributed by atoms with E-state index in [9.17, 15) is 9.59 Å². The molecule has 3 aromatic rings. The monoisotopic (exact) mass is 450 g/mol. The van der Waals surface area contributed by atoms with Gasteiger partial charge in [-0.15, -0.1) is 11.3 Å². The van der Waals surface area contributed by atoms with E-state index in [1.54, 1.807) is 44.6 Å². The van der Waals surface area contributed by atoms with Crippen LogP contribution >= 0.6 is 11.3 Å². The standard InChI is InChI=1S/C25H26N2O4S/c1-15-9-11-18-21(13-15)32-25(27-23(28)16-7-5-4-6-8-16)22(18)24(29)26-19-14-17(30-2)10-12-20(19)31-3/h4-8,10,12,14-15H,9,11,13H2,1-3H3,(H,26,29)(H,27,28)/t15-/m1/s1. The van der Waals surface area contributed by atoms with Crippen LogP contribution in [0.25, 0.3) is 0 Å². The quantitative estimate of drug-likeness (QED) is 0.528. The maximum atomic E-state index is 13.5. The molecule has 4 rings (SSSR count). The number of rotatable bonds is 6. The summed E-state index contributed by atoms with van der Waals surface area (Å²) in [6, 6.07) is 14.3. The van der Waals surface area contributed by atoms with Crippen LogP contribution in [0.3, 0.4) is 0 Å². The minimum atomic E-state index is -0.271. The molecule has 0 aliphatic heterocycles. The highest BCUT2D eigenvalue weighted by molar-refractivity contribution is 7.17. The Hall–Kier alpha value is -3.32. The number of hydrogen-bond acceptors (Lipinski definition) is 5. The second kappa shape index (κ2) is 9.44. The number of anilines is 2. The molecule has 2 amide bonds. The number of fused-ring (bicyclic) bond motifs is 1. The lowest BCUT2D eigenvalue weighted by Gasteiger charge is -2.19. The van der Waals surface area contributed by atoms with E-state index >= 15 is 0 Å². The van der Waals surface area contributed by atoms with Crippen LogP contribution in [0.2, 0.25) is 0 Å². The van der Waals surface area contributed by atoms with Crippen molar-refractivity contribution in [3.63, 3.8) is 0 Å². The Labute approximate surface area is 191 Å². The molecule has 1 aliphatic rings. The molecule has 2 aromatic carbocycles. The Balaban J connectivity index is 1.69. The summed E-state index contributed by atoms with van der Waals surface area (Å²) in [5, 5.41) is 6.53. The molecule has 0 radical (unpaired) electrons. The Morgan fingerprint density at radius 3 is 2.50 bits per heavy atom. The Morgan fingerprint density at radius 1 is 1.00 bits per heavy atom. The number of ether oxygens (including phenoxy) is 2. The summed E-state index contributed by atoms with van der Waals surface area (Å²) in [5.74, 6) is 1.19. The summed E-state index contributed by atoms with van der Waals surface area (Å²) in [7, 11) is 3.12. The van der Waals surface area contributed by atoms with Gasteiger partial charge in [0.25, 0.3) is 11.8 Å². The van der Waals surface area contributed by atoms with Gasteiger partial charge in [0.2, 0.25) is 0 Å². The molecule has 1 atom stereocenters. The molecule has 166 valence electrons. The SMILES string of the molecule is COc1ccc(OC)c(NC(=O)c2c(NC(=O)c3ccccc3)sc3c2CC[C@@H](C)C3)c1. The lowest BCUT2D eigenvalue weighted by atomic mass is 9.88. The van der Waals surface area contributed by atoms with Crippen molar-refractivity contribution in [2.75, 3.05) is 24.9 Å². The molecule has 0 saturated carbocycles. The summed E-state index contributed by atoms with van der Waals surface area (Å²) >= 11 is 1.50. The van der Waals surface area contributed by atoms with Crippen molar-refractivity contribution in [3.8, 4) is 11.5 Å². The van der Waals surface area contributed by atoms with Gasteiger partial charge in [-0.2, -0.15) is 0 Å². The van der Waals surface area contributed by atoms with Crippen molar-refractivity contribution < 1.29 is 19.1 Å². The Kier molecular flexibility index (Phi) is 6.46. The zero-order chi connectivity index (χ0) is 22.7. The molecule has 0 saturated heterocycles. The van der Waals surface area contributed by atoms with Crippen LogP contribution in [-0.4, -0.2) is 26.0 Å². The summed E-state index contributed by atoms with van der Waals surface area (Å²) in [6.07, 6.45) is 2.73. The summed E-state index contributed by atoms with van der Waals surface area (Å²) in [6.45, 7) is 2.21. The van der Waals surface area contributed by atoms with Gasteiger partial charge in [0.15, 0.2) is 0 Å². The van der Waals surface area contributed by atoms with Crippen molar-refractivity contribution in [2.45, 2.75) is 26.2 Å². The van der Waals surface area contributed by atoms with Gasteiger partial charge in [-0.3, -0.25) is 9.59 Å². The predicted octanol–water partition coefficient (Wildman–Crippen LogP) is 5.39. The molecule has 1 heterocycles. The third kappa shape index (κ3) is 4.48. The first kappa shape index (κ1) is 21.9. The fraction of sp³-hybridized carbons (Fsp3) is 0.280. The predicted molar refractivity (Wildman–Crippen MR) is 127 cm³/mol. The average molecular weight is 451 g/mol. The maximum absolute atomic E-state index is 13.5. The third-order valence-corrected chi connectivity index (χ3v) is 6.83. The molecule has 2 N–H and O–H groups in total. The molecule has 6 nitrogen and oxygen atoms in total. The third-order valence-electron chi connectivity index (χ3n) is 5.66. The van der Waals surface area contributed by atoms with Gasteiger partial charge in [-0.1, -0.05) is 25.1 Å². The molecule has 0 spiro atoms. The highest BCUT2D eigenvalue weighted by Gasteiger charge is 2.29. The maximum Gasteiger partial charge on any atom is 0.259 e. The van der Waals surface area contributed by atoms with E-state index in [1.165, 1.54) is 11.3 Å². The number of methoxy groups -OCH3 is 2. The number of carbonyl (C=O) groups is 2. The fourth-order valence-electron chi connectivity index (χ4n) is 3.94. The first-order valence-corrected chi connectivity index (χ1v) is 11.4. The Morgan fingerprint density at radius 2 is 1.78 bits per heavy atom. The van der Waals surface area contributed by atoms with Crippen molar-refractivity contribution in [1.82, 2.24) is 0 Å². The summed E-state index contributed by atoms with van der Waals surface area (Å²) < 4.78 is 10.7. The highest BCUT2D eigenvalue weighted by atomic mass is 32.1. The number of amides is 2. The largest absolute Gasteiger partial charge is 0.497 e. The molecular formula is C25H26N2O4S. The van der Waals surface area contributed by atoms with Crippen LogP contribution in [-0.2, 0) is 12.8 Å². The van der Waals surface area contributed by atoms with E-state index < -0.39 is 0 Å². The van der Waals surface area contributed by atoms with E-state index in [0.717, 1.165) is 29.7 Å². The minimum Gasteiger partial charge on any atom is -0.497 e. The molecule has 0 bridgehead atoms. The number of carbonyl (C=O) groups excluding carboxylic acids is 2. The Bertz CT molecular complexity index is 1140. The molecule has 1 aromatic heterocycles. The van der Waals surface area contributed by atoms with E-state index in [-0.39, 0.29) is 11.8 Å². The van der Waals surface area contributed by atoms with Gasteiger partial charge in [0.1, 0.15) is 16.5 Å². The van der Waals surface area contributed by atoms with Crippen LogP contribution in [0, 0.1) is 5.92 Å². The first-order valence-electron chi connectivity index (χ1n) is 10.5. The average Bonchev–Trinajstić information content (AvgIpc) is 3.16. The summed E-state index contributed by atoms with van der Waals surface area (Å²) in [5.41, 5.74) is 2.62. The number of benzene rings is 2. The normalized spacial score (nSPS) is 14.9. The molecule has 0 unspecified atom stereocenters. The van der Waals surface area contributed by atoms with Crippen molar-refractivity contribution in [3.05, 3.63) is 70.1 Å². The van der Waals surface area contributed by atoms with Crippen LogP contribution in [0.4, 0.5) is 10.7 Å². The zero-order valence-electron chi connectivity index (χ0n) is 18.4. The molecule has 1 aliphatic carbocycles. The zero-order valence-corrected chi connectivity index (χ0v) is 19.2. The minimum absolute atomic E-state index is 0.231. The lowest BCUT2D eigenvalue weighted by Crippen LogP contribution is -2.19. The number of nitrogens with one attached hydrogen (secondary N) is 2. The fourth-order valence-corrected chi connectivity index (χ4v) is 5.34. The number of thiophene rings is 1. The van der Waals surface area contributed by atoms with Gasteiger partial charge in [-0.25, -0.2) is 0 Å². The molecule has 0 fully saturated rings. The van der Waals surface area contributed by atoms with Crippen LogP contribution in [0.1, 0.15) is 44.5 Å². The first-order chi connectivity index (χ1) is 15.5. The van der Waals surface area contributed by atoms with E-state index in [2.05, 4.69) is 17.6 Å². The second-order valence-corrected chi connectivity index (χ2v) is 9.00. The van der Waals surface area contributed by atoms with Crippen molar-refractivity contribution in [1.29, 1.82) is 0 Å². The van der Waals surface area contributed by atoms with Gasteiger partial charge < -0.3 is 20.1 Å². The molecule has 7 heteroatoms. The van der Waals surface area contributed by atoms with Gasteiger partial charge in [-0.05, 0) is 55.0 Å². The smallest absolute Gasteiger partial charge is 0.259 e. The number of hydrogen-bond donors (Lipinski definition) is 2. The second-order valence-electron chi connectivity index (χ2n) is 7.90. The van der Waals surface area contributed by atoms with Gasteiger partial charge in [0, 0.05) is 16.5 Å². The molecular weight excluding hydrogens is 424 g/mol. The van der Waals surface area contributed by atoms with E-state index in [4.69, 9.17) is 9.47 Å². The lowest BCUT2D eigenvalue weighted by molar-refractivity contribution is 0.102.